The van der Waals surface area contributed by atoms with Crippen LogP contribution in [0.3, 0.4) is 0 Å². The van der Waals surface area contributed by atoms with Gasteiger partial charge in [-0.25, -0.2) is 0 Å². The largest absolute Gasteiger partial charge is 0.492 e. The van der Waals surface area contributed by atoms with Crippen LogP contribution in [0.4, 0.5) is 0 Å². The fourth-order valence-corrected chi connectivity index (χ4v) is 2.52. The molecule has 0 aliphatic heterocycles. The third-order valence-corrected chi connectivity index (χ3v) is 4.24. The molecule has 0 radical (unpaired) electrons. The number of nitrogens with two attached hydrogens (primary N) is 1. The van der Waals surface area contributed by atoms with Crippen LogP contribution < -0.4 is 10.5 Å². The summed E-state index contributed by atoms with van der Waals surface area (Å²) in [6.07, 6.45) is 0. The molecule has 5 nitrogen and oxygen atoms in total. The number of carbonyl (C=O) groups is 1. The molecule has 0 unspecified atom stereocenters. The van der Waals surface area contributed by atoms with E-state index in [1.165, 1.54) is 0 Å². The van der Waals surface area contributed by atoms with E-state index in [2.05, 4.69) is 32.6 Å². The summed E-state index contributed by atoms with van der Waals surface area (Å²) >= 11 is 0. The van der Waals surface area contributed by atoms with Crippen LogP contribution in [0.5, 0.6) is 5.75 Å². The predicted molar refractivity (Wildman–Crippen MR) is 99.5 cm³/mol. The van der Waals surface area contributed by atoms with Gasteiger partial charge in [-0.1, -0.05) is 27.7 Å². The van der Waals surface area contributed by atoms with Crippen LogP contribution in [0.2, 0.25) is 0 Å². The highest BCUT2D eigenvalue weighted by Gasteiger charge is 2.21. The van der Waals surface area contributed by atoms with E-state index in [1.54, 1.807) is 4.90 Å². The van der Waals surface area contributed by atoms with Crippen LogP contribution in [0, 0.1) is 5.41 Å². The van der Waals surface area contributed by atoms with E-state index < -0.39 is 0 Å². The molecule has 0 aliphatic rings. The number of likely N-dealkylation sites (N-methyl/N-ethyl adjacent to an activating group) is 1. The van der Waals surface area contributed by atoms with Gasteiger partial charge in [0.05, 0.1) is 0 Å². The second-order valence-corrected chi connectivity index (χ2v) is 6.93. The Kier molecular flexibility index (Phi) is 8.22. The lowest BCUT2D eigenvalue weighted by Crippen LogP contribution is -2.39. The zero-order chi connectivity index (χ0) is 18.2. The maximum atomic E-state index is 12.5. The van der Waals surface area contributed by atoms with Crippen LogP contribution in [-0.2, 0) is 0 Å². The van der Waals surface area contributed by atoms with E-state index in [4.69, 9.17) is 10.5 Å². The summed E-state index contributed by atoms with van der Waals surface area (Å²) in [5.41, 5.74) is 6.33. The van der Waals surface area contributed by atoms with Gasteiger partial charge in [0, 0.05) is 25.7 Å². The summed E-state index contributed by atoms with van der Waals surface area (Å²) in [6.45, 7) is 13.2. The minimum Gasteiger partial charge on any atom is -0.492 e. The van der Waals surface area contributed by atoms with Crippen molar-refractivity contribution in [3.05, 3.63) is 29.8 Å². The van der Waals surface area contributed by atoms with Crippen LogP contribution in [0.25, 0.3) is 0 Å². The van der Waals surface area contributed by atoms with Crippen molar-refractivity contribution in [1.29, 1.82) is 0 Å². The Labute approximate surface area is 146 Å². The normalized spacial score (nSPS) is 11.6. The number of carbonyl (C=O) groups excluding carboxylic acids is 1. The molecule has 1 amide bonds. The maximum Gasteiger partial charge on any atom is 0.253 e. The second kappa shape index (κ2) is 9.64. The van der Waals surface area contributed by atoms with Gasteiger partial charge in [-0.05, 0) is 49.3 Å². The van der Waals surface area contributed by atoms with Gasteiger partial charge in [-0.15, -0.1) is 0 Å². The molecular formula is C19H33N3O2. The van der Waals surface area contributed by atoms with Crippen molar-refractivity contribution in [2.45, 2.75) is 27.7 Å². The van der Waals surface area contributed by atoms with Crippen molar-refractivity contribution in [1.82, 2.24) is 9.80 Å². The van der Waals surface area contributed by atoms with Gasteiger partial charge in [0.2, 0.25) is 0 Å². The topological polar surface area (TPSA) is 58.8 Å². The molecule has 0 saturated heterocycles. The molecule has 0 atom stereocenters. The summed E-state index contributed by atoms with van der Waals surface area (Å²) < 4.78 is 5.75. The minimum absolute atomic E-state index is 0.00576. The quantitative estimate of drug-likeness (QED) is 0.713. The van der Waals surface area contributed by atoms with E-state index in [9.17, 15) is 4.79 Å². The molecule has 0 fully saturated rings. The maximum absolute atomic E-state index is 12.5. The molecule has 0 heterocycles. The van der Waals surface area contributed by atoms with E-state index in [0.29, 0.717) is 25.3 Å². The zero-order valence-corrected chi connectivity index (χ0v) is 15.8. The molecule has 0 saturated carbocycles. The minimum atomic E-state index is -0.0854. The number of amides is 1. The van der Waals surface area contributed by atoms with Crippen molar-refractivity contribution in [3.8, 4) is 5.75 Å². The van der Waals surface area contributed by atoms with Gasteiger partial charge < -0.3 is 20.3 Å². The molecule has 136 valence electrons. The van der Waals surface area contributed by atoms with Gasteiger partial charge in [0.25, 0.3) is 5.91 Å². The molecule has 5 heteroatoms. The standard InChI is InChI=1S/C19H33N3O2/c1-6-22(7-2)12-13-24-17-10-8-16(9-11-17)18(23)21(5)15-19(3,4)14-20/h8-11H,6-7,12-15,20H2,1-5H3. The Bertz CT molecular complexity index is 496. The first-order valence-electron chi connectivity index (χ1n) is 8.73. The Hall–Kier alpha value is -1.59. The average molecular weight is 335 g/mol. The Morgan fingerprint density at radius 3 is 2.25 bits per heavy atom. The van der Waals surface area contributed by atoms with Gasteiger partial charge in [0.1, 0.15) is 12.4 Å². The molecule has 0 aliphatic carbocycles. The fourth-order valence-electron chi connectivity index (χ4n) is 2.52. The van der Waals surface area contributed by atoms with Crippen molar-refractivity contribution in [3.63, 3.8) is 0 Å². The van der Waals surface area contributed by atoms with Crippen LogP contribution in [0.1, 0.15) is 38.1 Å². The molecule has 0 spiro atoms. The van der Waals surface area contributed by atoms with Crippen LogP contribution >= 0.6 is 0 Å². The Balaban J connectivity index is 2.55. The first-order chi connectivity index (χ1) is 11.3. The van der Waals surface area contributed by atoms with Gasteiger partial charge >= 0.3 is 0 Å². The first-order valence-corrected chi connectivity index (χ1v) is 8.73. The smallest absolute Gasteiger partial charge is 0.253 e. The second-order valence-electron chi connectivity index (χ2n) is 6.93. The van der Waals surface area contributed by atoms with Gasteiger partial charge in [0.15, 0.2) is 0 Å². The highest BCUT2D eigenvalue weighted by atomic mass is 16.5. The fraction of sp³-hybridized carbons (Fsp3) is 0.632. The summed E-state index contributed by atoms with van der Waals surface area (Å²) in [7, 11) is 1.81. The summed E-state index contributed by atoms with van der Waals surface area (Å²) in [5.74, 6) is 0.801. The van der Waals surface area contributed by atoms with Gasteiger partial charge in [-0.2, -0.15) is 0 Å². The SMILES string of the molecule is CCN(CC)CCOc1ccc(C(=O)N(C)CC(C)(C)CN)cc1. The van der Waals surface area contributed by atoms with E-state index >= 15 is 0 Å². The molecule has 0 bridgehead atoms. The molecule has 1 rings (SSSR count). The highest BCUT2D eigenvalue weighted by molar-refractivity contribution is 5.94. The number of hydrogen-bond acceptors (Lipinski definition) is 4. The Morgan fingerprint density at radius 1 is 1.17 bits per heavy atom. The average Bonchev–Trinajstić information content (AvgIpc) is 2.58. The van der Waals surface area contributed by atoms with Crippen molar-refractivity contribution < 1.29 is 9.53 Å². The molecular weight excluding hydrogens is 302 g/mol. The molecule has 1 aromatic carbocycles. The third kappa shape index (κ3) is 6.49. The first kappa shape index (κ1) is 20.5. The lowest BCUT2D eigenvalue weighted by molar-refractivity contribution is 0.0740. The van der Waals surface area contributed by atoms with Crippen LogP contribution in [0.15, 0.2) is 24.3 Å². The van der Waals surface area contributed by atoms with Crippen LogP contribution in [-0.4, -0.2) is 62.1 Å². The van der Waals surface area contributed by atoms with Gasteiger partial charge in [-0.3, -0.25) is 4.79 Å². The molecule has 2 N–H and O–H groups in total. The number of nitrogens with zero attached hydrogens (tertiary/aromatic N) is 2. The molecule has 24 heavy (non-hydrogen) atoms. The number of benzene rings is 1. The summed E-state index contributed by atoms with van der Waals surface area (Å²) in [4.78, 5) is 16.5. The van der Waals surface area contributed by atoms with E-state index in [1.807, 2.05) is 31.3 Å². The molecule has 0 aromatic heterocycles. The number of hydrogen-bond donors (Lipinski definition) is 1. The highest BCUT2D eigenvalue weighted by Crippen LogP contribution is 2.17. The van der Waals surface area contributed by atoms with E-state index in [0.717, 1.165) is 25.4 Å². The third-order valence-electron chi connectivity index (χ3n) is 4.24. The summed E-state index contributed by atoms with van der Waals surface area (Å²) in [5, 5.41) is 0. The zero-order valence-electron chi connectivity index (χ0n) is 15.8. The molecule has 1 aromatic rings. The lowest BCUT2D eigenvalue weighted by atomic mass is 9.93. The number of rotatable bonds is 10. The summed E-state index contributed by atoms with van der Waals surface area (Å²) in [6, 6.07) is 7.36. The van der Waals surface area contributed by atoms with Crippen molar-refractivity contribution in [2.24, 2.45) is 11.1 Å². The Morgan fingerprint density at radius 2 is 1.75 bits per heavy atom. The predicted octanol–water partition coefficient (Wildman–Crippen LogP) is 2.46. The lowest BCUT2D eigenvalue weighted by Gasteiger charge is -2.29. The van der Waals surface area contributed by atoms with Crippen molar-refractivity contribution >= 4 is 5.91 Å². The van der Waals surface area contributed by atoms with E-state index in [-0.39, 0.29) is 11.3 Å². The monoisotopic (exact) mass is 335 g/mol. The van der Waals surface area contributed by atoms with Crippen molar-refractivity contribution in [2.75, 3.05) is 46.4 Å². The number of ether oxygens (including phenoxy) is 1.